The molecule has 0 spiro atoms. The first kappa shape index (κ1) is 25.9. The molecule has 0 amide bonds. The van der Waals surface area contributed by atoms with Crippen molar-refractivity contribution in [2.45, 2.75) is 44.9 Å². The molecule has 0 aliphatic carbocycles. The van der Waals surface area contributed by atoms with Crippen LogP contribution >= 0.6 is 24.0 Å². The van der Waals surface area contributed by atoms with Crippen LogP contribution in [0.4, 0.5) is 14.5 Å². The van der Waals surface area contributed by atoms with Crippen molar-refractivity contribution in [1.82, 2.24) is 10.6 Å². The maximum atomic E-state index is 14.0. The summed E-state index contributed by atoms with van der Waals surface area (Å²) in [4.78, 5) is 6.03. The van der Waals surface area contributed by atoms with E-state index in [1.54, 1.807) is 25.7 Å². The molecule has 1 aliphatic heterocycles. The standard InChI is InChI=1S/C19H30F2N4O2S.HI/c1-5-22-18(23-10-12-28(26,27)19(2,3)4)24-14-9-11-25(13-14)17-15(20)7-6-8-16(17)21;/h6-8,14H,5,9-13H2,1-4H3,(H2,22,23,24);1H. The predicted octanol–water partition coefficient (Wildman–Crippen LogP) is 2.93. The van der Waals surface area contributed by atoms with Crippen molar-refractivity contribution in [1.29, 1.82) is 0 Å². The maximum Gasteiger partial charge on any atom is 0.191 e. The van der Waals surface area contributed by atoms with Gasteiger partial charge in [0.25, 0.3) is 0 Å². The Labute approximate surface area is 189 Å². The van der Waals surface area contributed by atoms with Gasteiger partial charge in [0.2, 0.25) is 0 Å². The third-order valence-electron chi connectivity index (χ3n) is 4.69. The van der Waals surface area contributed by atoms with Crippen molar-refractivity contribution in [3.8, 4) is 0 Å². The van der Waals surface area contributed by atoms with E-state index in [2.05, 4.69) is 15.6 Å². The molecule has 10 heteroatoms. The summed E-state index contributed by atoms with van der Waals surface area (Å²) >= 11 is 0. The molecule has 1 unspecified atom stereocenters. The van der Waals surface area contributed by atoms with E-state index in [0.717, 1.165) is 0 Å². The van der Waals surface area contributed by atoms with Crippen molar-refractivity contribution >= 4 is 45.5 Å². The van der Waals surface area contributed by atoms with E-state index in [9.17, 15) is 17.2 Å². The Morgan fingerprint density at radius 1 is 1.28 bits per heavy atom. The van der Waals surface area contributed by atoms with Gasteiger partial charge in [0.05, 0.1) is 17.0 Å². The largest absolute Gasteiger partial charge is 0.365 e. The Balaban J connectivity index is 0.00000420. The molecule has 29 heavy (non-hydrogen) atoms. The zero-order chi connectivity index (χ0) is 20.9. The fraction of sp³-hybridized carbons (Fsp3) is 0.632. The van der Waals surface area contributed by atoms with E-state index < -0.39 is 26.2 Å². The molecule has 1 aliphatic rings. The highest BCUT2D eigenvalue weighted by molar-refractivity contribution is 14.0. The van der Waals surface area contributed by atoms with Gasteiger partial charge in [-0.2, -0.15) is 0 Å². The van der Waals surface area contributed by atoms with Crippen LogP contribution in [0, 0.1) is 11.6 Å². The summed E-state index contributed by atoms with van der Waals surface area (Å²) in [5.74, 6) is -0.681. The maximum absolute atomic E-state index is 14.0. The number of aliphatic imine (C=N–C) groups is 1. The molecule has 0 bridgehead atoms. The minimum atomic E-state index is -3.24. The lowest BCUT2D eigenvalue weighted by atomic mass is 10.2. The molecule has 1 heterocycles. The molecule has 1 atom stereocenters. The summed E-state index contributed by atoms with van der Waals surface area (Å²) in [6.07, 6.45) is 0.693. The van der Waals surface area contributed by atoms with Crippen LogP contribution < -0.4 is 15.5 Å². The van der Waals surface area contributed by atoms with Crippen LogP contribution in [0.2, 0.25) is 0 Å². The van der Waals surface area contributed by atoms with E-state index >= 15 is 0 Å². The SMILES string of the molecule is CCNC(=NCCS(=O)(=O)C(C)(C)C)NC1CCN(c2c(F)cccc2F)C1.I. The number of rotatable bonds is 6. The van der Waals surface area contributed by atoms with Crippen LogP contribution in [0.15, 0.2) is 23.2 Å². The van der Waals surface area contributed by atoms with Crippen molar-refractivity contribution < 1.29 is 17.2 Å². The molecule has 2 rings (SSSR count). The molecule has 1 fully saturated rings. The Morgan fingerprint density at radius 3 is 2.45 bits per heavy atom. The minimum Gasteiger partial charge on any atom is -0.365 e. The molecule has 0 saturated carbocycles. The lowest BCUT2D eigenvalue weighted by Crippen LogP contribution is -2.45. The number of para-hydroxylation sites is 1. The smallest absolute Gasteiger partial charge is 0.191 e. The van der Waals surface area contributed by atoms with Crippen LogP contribution in [0.3, 0.4) is 0 Å². The number of benzene rings is 1. The fourth-order valence-corrected chi connectivity index (χ4v) is 3.91. The average molecular weight is 544 g/mol. The van der Waals surface area contributed by atoms with Crippen LogP contribution in [-0.2, 0) is 9.84 Å². The van der Waals surface area contributed by atoms with Gasteiger partial charge in [-0.25, -0.2) is 17.2 Å². The first-order valence-electron chi connectivity index (χ1n) is 9.51. The number of guanidine groups is 1. The van der Waals surface area contributed by atoms with E-state index in [1.165, 1.54) is 18.2 Å². The monoisotopic (exact) mass is 544 g/mol. The summed E-state index contributed by atoms with van der Waals surface area (Å²) in [5.41, 5.74) is -0.00925. The van der Waals surface area contributed by atoms with Gasteiger partial charge >= 0.3 is 0 Å². The van der Waals surface area contributed by atoms with E-state index in [0.29, 0.717) is 32.0 Å². The highest BCUT2D eigenvalue weighted by atomic mass is 127. The lowest BCUT2D eigenvalue weighted by Gasteiger charge is -2.21. The van der Waals surface area contributed by atoms with Gasteiger partial charge in [-0.1, -0.05) is 6.07 Å². The molecular formula is C19H31F2IN4O2S. The second-order valence-electron chi connectivity index (χ2n) is 7.84. The van der Waals surface area contributed by atoms with Crippen LogP contribution in [-0.4, -0.2) is 57.1 Å². The van der Waals surface area contributed by atoms with Gasteiger partial charge in [-0.15, -0.1) is 24.0 Å². The molecule has 0 radical (unpaired) electrons. The van der Waals surface area contributed by atoms with Gasteiger partial charge in [-0.05, 0) is 46.2 Å². The summed E-state index contributed by atoms with van der Waals surface area (Å²) < 4.78 is 51.6. The van der Waals surface area contributed by atoms with Gasteiger partial charge < -0.3 is 15.5 Å². The zero-order valence-electron chi connectivity index (χ0n) is 17.3. The first-order chi connectivity index (χ1) is 13.0. The first-order valence-corrected chi connectivity index (χ1v) is 11.2. The van der Waals surface area contributed by atoms with Crippen LogP contribution in [0.5, 0.6) is 0 Å². The summed E-state index contributed by atoms with van der Waals surface area (Å²) in [6, 6.07) is 3.80. The molecule has 1 saturated heterocycles. The molecule has 2 N–H and O–H groups in total. The molecule has 1 aromatic rings. The number of halogens is 3. The number of anilines is 1. The van der Waals surface area contributed by atoms with Gasteiger partial charge in [0, 0.05) is 25.7 Å². The molecule has 0 aromatic heterocycles. The van der Waals surface area contributed by atoms with Crippen molar-refractivity contribution in [2.75, 3.05) is 36.8 Å². The van der Waals surface area contributed by atoms with Gasteiger partial charge in [0.1, 0.15) is 17.3 Å². The van der Waals surface area contributed by atoms with Gasteiger partial charge in [0.15, 0.2) is 15.8 Å². The van der Waals surface area contributed by atoms with E-state index in [4.69, 9.17) is 0 Å². The highest BCUT2D eigenvalue weighted by Crippen LogP contribution is 2.26. The number of hydrogen-bond donors (Lipinski definition) is 2. The summed E-state index contributed by atoms with van der Waals surface area (Å²) in [6.45, 7) is 8.65. The Morgan fingerprint density at radius 2 is 1.90 bits per heavy atom. The van der Waals surface area contributed by atoms with Crippen molar-refractivity contribution in [2.24, 2.45) is 4.99 Å². The summed E-state index contributed by atoms with van der Waals surface area (Å²) in [7, 11) is -3.24. The molecule has 166 valence electrons. The van der Waals surface area contributed by atoms with Crippen molar-refractivity contribution in [3.63, 3.8) is 0 Å². The number of nitrogens with zero attached hydrogens (tertiary/aromatic N) is 2. The van der Waals surface area contributed by atoms with Crippen molar-refractivity contribution in [3.05, 3.63) is 29.8 Å². The average Bonchev–Trinajstić information content (AvgIpc) is 3.01. The molecule has 6 nitrogen and oxygen atoms in total. The van der Waals surface area contributed by atoms with Crippen LogP contribution in [0.25, 0.3) is 0 Å². The predicted molar refractivity (Wildman–Crippen MR) is 125 cm³/mol. The zero-order valence-corrected chi connectivity index (χ0v) is 20.5. The third-order valence-corrected chi connectivity index (χ3v) is 7.28. The Hall–Kier alpha value is -1.17. The second-order valence-corrected chi connectivity index (χ2v) is 10.7. The summed E-state index contributed by atoms with van der Waals surface area (Å²) in [5, 5.41) is 6.33. The fourth-order valence-electron chi connectivity index (χ4n) is 2.97. The van der Waals surface area contributed by atoms with Crippen LogP contribution in [0.1, 0.15) is 34.1 Å². The molecular weight excluding hydrogens is 513 g/mol. The van der Waals surface area contributed by atoms with E-state index in [-0.39, 0.29) is 48.0 Å². The lowest BCUT2D eigenvalue weighted by molar-refractivity contribution is 0.560. The quantitative estimate of drug-likeness (QED) is 0.328. The van der Waals surface area contributed by atoms with E-state index in [1.807, 2.05) is 6.92 Å². The third kappa shape index (κ3) is 6.94. The molecule has 1 aromatic carbocycles. The number of nitrogens with one attached hydrogen (secondary N) is 2. The van der Waals surface area contributed by atoms with Gasteiger partial charge in [-0.3, -0.25) is 4.99 Å². The Bertz CT molecular complexity index is 793. The minimum absolute atomic E-state index is 0. The highest BCUT2D eigenvalue weighted by Gasteiger charge is 2.29. The Kier molecular flexibility index (Phi) is 9.58. The number of sulfone groups is 1. The topological polar surface area (TPSA) is 73.8 Å². The second kappa shape index (κ2) is 10.7. The normalized spacial score (nSPS) is 17.8. The number of hydrogen-bond acceptors (Lipinski definition) is 4.